The van der Waals surface area contributed by atoms with Crippen LogP contribution in [0, 0.1) is 0 Å². The summed E-state index contributed by atoms with van der Waals surface area (Å²) in [6.07, 6.45) is 2.51. The van der Waals surface area contributed by atoms with Crippen LogP contribution in [0.25, 0.3) is 11.1 Å². The van der Waals surface area contributed by atoms with E-state index in [9.17, 15) is 4.79 Å². The predicted octanol–water partition coefficient (Wildman–Crippen LogP) is 3.39. The van der Waals surface area contributed by atoms with Gasteiger partial charge in [-0.3, -0.25) is 4.79 Å². The van der Waals surface area contributed by atoms with Crippen molar-refractivity contribution >= 4 is 11.6 Å². The monoisotopic (exact) mass is 449 g/mol. The molecule has 0 bridgehead atoms. The molecule has 3 aliphatic heterocycles. The first kappa shape index (κ1) is 22.4. The zero-order valence-corrected chi connectivity index (χ0v) is 19.9. The lowest BCUT2D eigenvalue weighted by Gasteiger charge is -2.34. The van der Waals surface area contributed by atoms with Crippen LogP contribution in [-0.2, 0) is 14.9 Å². The second-order valence-electron chi connectivity index (χ2n) is 9.73. The average Bonchev–Trinajstić information content (AvgIpc) is 3.17. The van der Waals surface area contributed by atoms with E-state index in [1.807, 2.05) is 12.1 Å². The van der Waals surface area contributed by atoms with Crippen molar-refractivity contribution in [3.63, 3.8) is 0 Å². The van der Waals surface area contributed by atoms with Crippen LogP contribution in [0.4, 0.5) is 5.69 Å². The number of hydrogen-bond acceptors (Lipinski definition) is 5. The van der Waals surface area contributed by atoms with Crippen LogP contribution in [-0.4, -0.2) is 82.3 Å². The summed E-state index contributed by atoms with van der Waals surface area (Å²) in [6.45, 7) is 7.40. The number of likely N-dealkylation sites (N-methyl/N-ethyl adjacent to an activating group) is 1. The number of nitrogens with zero attached hydrogens (tertiary/aromatic N) is 3. The van der Waals surface area contributed by atoms with Gasteiger partial charge in [0.2, 0.25) is 5.91 Å². The fourth-order valence-corrected chi connectivity index (χ4v) is 5.50. The number of carbonyl (C=O) groups is 1. The zero-order valence-electron chi connectivity index (χ0n) is 19.9. The Kier molecular flexibility index (Phi) is 6.41. The van der Waals surface area contributed by atoms with E-state index in [4.69, 9.17) is 9.47 Å². The van der Waals surface area contributed by atoms with Crippen molar-refractivity contribution in [2.45, 2.75) is 24.7 Å². The molecule has 0 aliphatic carbocycles. The van der Waals surface area contributed by atoms with E-state index in [0.29, 0.717) is 6.42 Å². The molecule has 2 aromatic carbocycles. The van der Waals surface area contributed by atoms with E-state index >= 15 is 0 Å². The van der Waals surface area contributed by atoms with Crippen molar-refractivity contribution in [1.29, 1.82) is 0 Å². The minimum atomic E-state index is -0.000437. The molecule has 5 rings (SSSR count). The Morgan fingerprint density at radius 1 is 1.00 bits per heavy atom. The first-order chi connectivity index (χ1) is 16.1. The molecule has 2 fully saturated rings. The molecule has 0 unspecified atom stereocenters. The van der Waals surface area contributed by atoms with E-state index in [1.165, 1.54) is 16.7 Å². The number of methoxy groups -OCH3 is 1. The summed E-state index contributed by atoms with van der Waals surface area (Å²) in [6, 6.07) is 14.8. The molecule has 176 valence electrons. The first-order valence-corrected chi connectivity index (χ1v) is 12.2. The summed E-state index contributed by atoms with van der Waals surface area (Å²) in [5.74, 6) is 1.11. The van der Waals surface area contributed by atoms with Crippen LogP contribution < -0.4 is 9.64 Å². The molecule has 6 heteroatoms. The molecule has 3 heterocycles. The van der Waals surface area contributed by atoms with Gasteiger partial charge in [-0.05, 0) is 60.8 Å². The number of piperazine rings is 1. The summed E-state index contributed by atoms with van der Waals surface area (Å²) in [7, 11) is 3.85. The van der Waals surface area contributed by atoms with E-state index in [0.717, 1.165) is 76.8 Å². The van der Waals surface area contributed by atoms with Gasteiger partial charge in [0, 0.05) is 70.0 Å². The van der Waals surface area contributed by atoms with Gasteiger partial charge < -0.3 is 24.2 Å². The van der Waals surface area contributed by atoms with Gasteiger partial charge in [0.15, 0.2) is 0 Å². The molecule has 1 spiro atoms. The molecule has 2 saturated heterocycles. The maximum atomic E-state index is 13.4. The zero-order chi connectivity index (χ0) is 22.8. The summed E-state index contributed by atoms with van der Waals surface area (Å²) >= 11 is 0. The van der Waals surface area contributed by atoms with Crippen molar-refractivity contribution in [2.75, 3.05) is 71.5 Å². The smallest absolute Gasteiger partial charge is 0.228 e. The highest BCUT2D eigenvalue weighted by atomic mass is 16.5. The van der Waals surface area contributed by atoms with Crippen LogP contribution in [0.15, 0.2) is 42.5 Å². The first-order valence-electron chi connectivity index (χ1n) is 12.2. The lowest BCUT2D eigenvalue weighted by molar-refractivity contribution is -0.119. The van der Waals surface area contributed by atoms with Crippen LogP contribution in [0.5, 0.6) is 5.75 Å². The molecule has 3 aliphatic rings. The third-order valence-corrected chi connectivity index (χ3v) is 7.73. The lowest BCUT2D eigenvalue weighted by atomic mass is 9.75. The van der Waals surface area contributed by atoms with Gasteiger partial charge >= 0.3 is 0 Å². The number of rotatable bonds is 5. The highest BCUT2D eigenvalue weighted by molar-refractivity contribution is 5.97. The summed E-state index contributed by atoms with van der Waals surface area (Å²) in [5, 5.41) is 0. The van der Waals surface area contributed by atoms with Crippen LogP contribution in [0.1, 0.15) is 24.8 Å². The molecule has 0 saturated carbocycles. The summed E-state index contributed by atoms with van der Waals surface area (Å²) in [4.78, 5) is 20.2. The number of fused-ring (bicyclic) bond motifs is 2. The number of benzene rings is 2. The topological polar surface area (TPSA) is 45.3 Å². The third kappa shape index (κ3) is 4.52. The molecule has 33 heavy (non-hydrogen) atoms. The summed E-state index contributed by atoms with van der Waals surface area (Å²) < 4.78 is 11.0. The van der Waals surface area contributed by atoms with Gasteiger partial charge in [0.05, 0.1) is 7.11 Å². The molecule has 0 N–H and O–H groups in total. The van der Waals surface area contributed by atoms with E-state index in [2.05, 4.69) is 52.1 Å². The Balaban J connectivity index is 1.38. The number of anilines is 1. The Labute approximate surface area is 197 Å². The Hall–Kier alpha value is -2.41. The molecule has 0 radical (unpaired) electrons. The largest absolute Gasteiger partial charge is 0.497 e. The number of amides is 1. The minimum Gasteiger partial charge on any atom is -0.497 e. The standard InChI is InChI=1S/C27H35N3O3/c1-28-13-15-29(16-14-28)12-9-26(31)30-20-27(10-17-33-18-11-27)24-19-22(5-8-25(24)30)21-3-6-23(32-2)7-4-21/h3-8,19H,9-18,20H2,1-2H3. The van der Waals surface area contributed by atoms with E-state index in [1.54, 1.807) is 7.11 Å². The number of hydrogen-bond donors (Lipinski definition) is 0. The Bertz CT molecular complexity index is 977. The second-order valence-corrected chi connectivity index (χ2v) is 9.73. The molecular formula is C27H35N3O3. The lowest BCUT2D eigenvalue weighted by Crippen LogP contribution is -2.46. The minimum absolute atomic E-state index is 0.000437. The van der Waals surface area contributed by atoms with E-state index < -0.39 is 0 Å². The van der Waals surface area contributed by atoms with Gasteiger partial charge in [0.1, 0.15) is 5.75 Å². The molecular weight excluding hydrogens is 414 g/mol. The predicted molar refractivity (Wildman–Crippen MR) is 131 cm³/mol. The molecule has 2 aromatic rings. The third-order valence-electron chi connectivity index (χ3n) is 7.73. The fraction of sp³-hybridized carbons (Fsp3) is 0.519. The molecule has 0 aromatic heterocycles. The fourth-order valence-electron chi connectivity index (χ4n) is 5.50. The van der Waals surface area contributed by atoms with E-state index in [-0.39, 0.29) is 11.3 Å². The SMILES string of the molecule is COc1ccc(-c2ccc3c(c2)C2(CCOCC2)CN3C(=O)CCN2CCN(C)CC2)cc1. The molecule has 1 amide bonds. The van der Waals surface area contributed by atoms with Gasteiger partial charge in [-0.25, -0.2) is 0 Å². The van der Waals surface area contributed by atoms with Crippen molar-refractivity contribution in [3.05, 3.63) is 48.0 Å². The molecule has 0 atom stereocenters. The quantitative estimate of drug-likeness (QED) is 0.700. The normalized spacial score (nSPS) is 20.7. The van der Waals surface area contributed by atoms with Gasteiger partial charge in [-0.1, -0.05) is 18.2 Å². The van der Waals surface area contributed by atoms with Gasteiger partial charge in [0.25, 0.3) is 0 Å². The van der Waals surface area contributed by atoms with Crippen LogP contribution >= 0.6 is 0 Å². The molecule has 6 nitrogen and oxygen atoms in total. The average molecular weight is 450 g/mol. The second kappa shape index (κ2) is 9.45. The summed E-state index contributed by atoms with van der Waals surface area (Å²) in [5.41, 5.74) is 4.76. The Morgan fingerprint density at radius 3 is 2.39 bits per heavy atom. The van der Waals surface area contributed by atoms with Crippen molar-refractivity contribution in [2.24, 2.45) is 0 Å². The Morgan fingerprint density at radius 2 is 1.70 bits per heavy atom. The highest BCUT2D eigenvalue weighted by Crippen LogP contribution is 2.48. The maximum absolute atomic E-state index is 13.4. The maximum Gasteiger partial charge on any atom is 0.228 e. The van der Waals surface area contributed by atoms with Crippen molar-refractivity contribution in [1.82, 2.24) is 9.80 Å². The van der Waals surface area contributed by atoms with Crippen molar-refractivity contribution < 1.29 is 14.3 Å². The van der Waals surface area contributed by atoms with Crippen molar-refractivity contribution in [3.8, 4) is 16.9 Å². The van der Waals surface area contributed by atoms with Gasteiger partial charge in [-0.15, -0.1) is 0 Å². The van der Waals surface area contributed by atoms with Crippen LogP contribution in [0.2, 0.25) is 0 Å². The number of carbonyl (C=O) groups excluding carboxylic acids is 1. The number of ether oxygens (including phenoxy) is 2. The van der Waals surface area contributed by atoms with Crippen LogP contribution in [0.3, 0.4) is 0 Å². The highest BCUT2D eigenvalue weighted by Gasteiger charge is 2.45. The van der Waals surface area contributed by atoms with Gasteiger partial charge in [-0.2, -0.15) is 0 Å².